The highest BCUT2D eigenvalue weighted by Crippen LogP contribution is 2.19. The lowest BCUT2D eigenvalue weighted by atomic mass is 10.2. The van der Waals surface area contributed by atoms with Gasteiger partial charge in [0.2, 0.25) is 5.95 Å². The van der Waals surface area contributed by atoms with Crippen molar-refractivity contribution >= 4 is 51.9 Å². The molecule has 8 heteroatoms. The second-order valence-electron chi connectivity index (χ2n) is 5.44. The number of nitrogens with zero attached hydrogens (tertiary/aromatic N) is 3. The number of fused-ring (bicyclic) bond motifs is 1. The number of nitrogens with one attached hydrogen (secondary N) is 2. The molecule has 0 aliphatic heterocycles. The first-order chi connectivity index (χ1) is 11.5. The largest absolute Gasteiger partial charge is 0.344 e. The smallest absolute Gasteiger partial charge is 0.205 e. The zero-order valence-corrected chi connectivity index (χ0v) is 15.3. The maximum Gasteiger partial charge on any atom is 0.205 e. The van der Waals surface area contributed by atoms with Gasteiger partial charge in [-0.05, 0) is 35.9 Å². The Morgan fingerprint density at radius 1 is 1.08 bits per heavy atom. The van der Waals surface area contributed by atoms with Gasteiger partial charge in [-0.1, -0.05) is 34.8 Å². The molecule has 0 aliphatic carbocycles. The number of benzene rings is 1. The van der Waals surface area contributed by atoms with Gasteiger partial charge in [0.15, 0.2) is 5.65 Å². The molecule has 5 nitrogen and oxygen atoms in total. The summed E-state index contributed by atoms with van der Waals surface area (Å²) in [6.07, 6.45) is 0. The fourth-order valence-electron chi connectivity index (χ4n) is 2.34. The molecule has 2 N–H and O–H groups in total. The van der Waals surface area contributed by atoms with Gasteiger partial charge in [0.05, 0.1) is 5.52 Å². The monoisotopic (exact) mass is 383 g/mol. The molecule has 0 bridgehead atoms. The molecular formula is C16H16Cl3N5. The number of likely N-dealkylation sites (N-methyl/N-ethyl adjacent to an activating group) is 1. The number of hydrogen-bond donors (Lipinski definition) is 2. The summed E-state index contributed by atoms with van der Waals surface area (Å²) in [4.78, 5) is 13.9. The van der Waals surface area contributed by atoms with Crippen LogP contribution >= 0.6 is 34.8 Å². The number of H-pyrrole nitrogens is 1. The zero-order chi connectivity index (χ0) is 17.1. The van der Waals surface area contributed by atoms with Crippen molar-refractivity contribution in [3.8, 4) is 0 Å². The van der Waals surface area contributed by atoms with Crippen molar-refractivity contribution in [2.24, 2.45) is 0 Å². The molecule has 2 aromatic heterocycles. The van der Waals surface area contributed by atoms with Crippen molar-refractivity contribution in [3.05, 3.63) is 51.1 Å². The van der Waals surface area contributed by atoms with Gasteiger partial charge in [0.1, 0.15) is 5.15 Å². The number of anilines is 1. The summed E-state index contributed by atoms with van der Waals surface area (Å²) < 4.78 is 0. The Hall–Kier alpha value is -1.53. The molecule has 3 rings (SSSR count). The molecule has 0 amide bonds. The molecule has 2 heterocycles. The minimum absolute atomic E-state index is 0.435. The molecule has 126 valence electrons. The van der Waals surface area contributed by atoms with Crippen LogP contribution in [-0.4, -0.2) is 35.1 Å². The van der Waals surface area contributed by atoms with E-state index >= 15 is 0 Å². The van der Waals surface area contributed by atoms with Gasteiger partial charge in [-0.25, -0.2) is 4.98 Å². The number of aromatic amines is 1. The SMILES string of the molecule is CN(CCNCc1cc(Cl)cc(Cl)c1)c1nc2nc(Cl)ccc2[nH]1. The van der Waals surface area contributed by atoms with Crippen molar-refractivity contribution < 1.29 is 0 Å². The van der Waals surface area contributed by atoms with E-state index in [1.54, 1.807) is 12.1 Å². The van der Waals surface area contributed by atoms with Crippen LogP contribution < -0.4 is 10.2 Å². The van der Waals surface area contributed by atoms with Gasteiger partial charge in [0.25, 0.3) is 0 Å². The highest BCUT2D eigenvalue weighted by atomic mass is 35.5. The third-order valence-corrected chi connectivity index (χ3v) is 4.18. The van der Waals surface area contributed by atoms with Crippen LogP contribution in [0.4, 0.5) is 5.95 Å². The Morgan fingerprint density at radius 2 is 1.83 bits per heavy atom. The Balaban J connectivity index is 1.53. The molecule has 0 saturated carbocycles. The quantitative estimate of drug-likeness (QED) is 0.495. The molecule has 24 heavy (non-hydrogen) atoms. The van der Waals surface area contributed by atoms with Crippen molar-refractivity contribution in [2.45, 2.75) is 6.54 Å². The summed E-state index contributed by atoms with van der Waals surface area (Å²) in [7, 11) is 1.97. The van der Waals surface area contributed by atoms with E-state index in [1.807, 2.05) is 30.1 Å². The predicted molar refractivity (Wildman–Crippen MR) is 100 cm³/mol. The number of rotatable bonds is 6. The van der Waals surface area contributed by atoms with E-state index in [4.69, 9.17) is 34.8 Å². The van der Waals surface area contributed by atoms with E-state index in [9.17, 15) is 0 Å². The van der Waals surface area contributed by atoms with Crippen LogP contribution in [0.2, 0.25) is 15.2 Å². The Labute approximate surface area is 154 Å². The maximum absolute atomic E-state index is 6.00. The van der Waals surface area contributed by atoms with Crippen LogP contribution in [0, 0.1) is 0 Å². The molecule has 0 unspecified atom stereocenters. The number of hydrogen-bond acceptors (Lipinski definition) is 4. The standard InChI is InChI=1S/C16H16Cl3N5/c1-24(16-21-13-2-3-14(19)22-15(13)23-16)5-4-20-9-10-6-11(17)8-12(18)7-10/h2-3,6-8,20H,4-5,9H2,1H3,(H,21,22,23). The lowest BCUT2D eigenvalue weighted by Crippen LogP contribution is -2.29. The number of imidazole rings is 1. The third-order valence-electron chi connectivity index (χ3n) is 3.54. The van der Waals surface area contributed by atoms with Gasteiger partial charge in [-0.15, -0.1) is 0 Å². The fraction of sp³-hybridized carbons (Fsp3) is 0.250. The lowest BCUT2D eigenvalue weighted by molar-refractivity contribution is 0.675. The molecule has 0 atom stereocenters. The van der Waals surface area contributed by atoms with Crippen LogP contribution in [0.3, 0.4) is 0 Å². The van der Waals surface area contributed by atoms with Gasteiger partial charge in [-0.2, -0.15) is 4.98 Å². The lowest BCUT2D eigenvalue weighted by Gasteiger charge is -2.16. The average molecular weight is 385 g/mol. The minimum Gasteiger partial charge on any atom is -0.344 e. The Kier molecular flexibility index (Phi) is 5.46. The van der Waals surface area contributed by atoms with E-state index in [0.29, 0.717) is 27.4 Å². The first-order valence-electron chi connectivity index (χ1n) is 7.40. The fourth-order valence-corrected chi connectivity index (χ4v) is 3.05. The number of pyridine rings is 1. The number of halogens is 3. The third kappa shape index (κ3) is 4.30. The van der Waals surface area contributed by atoms with Crippen LogP contribution in [0.1, 0.15) is 5.56 Å². The van der Waals surface area contributed by atoms with Gasteiger partial charge in [-0.3, -0.25) is 0 Å². The second kappa shape index (κ2) is 7.57. The molecule has 0 spiro atoms. The van der Waals surface area contributed by atoms with E-state index in [-0.39, 0.29) is 0 Å². The zero-order valence-electron chi connectivity index (χ0n) is 13.0. The Morgan fingerprint density at radius 3 is 2.58 bits per heavy atom. The van der Waals surface area contributed by atoms with Gasteiger partial charge < -0.3 is 15.2 Å². The van der Waals surface area contributed by atoms with Crippen LogP contribution in [-0.2, 0) is 6.54 Å². The number of aromatic nitrogens is 3. The summed E-state index contributed by atoms with van der Waals surface area (Å²) in [5.74, 6) is 0.757. The van der Waals surface area contributed by atoms with Crippen LogP contribution in [0.25, 0.3) is 11.2 Å². The molecule has 0 aliphatic rings. The second-order valence-corrected chi connectivity index (χ2v) is 6.70. The summed E-state index contributed by atoms with van der Waals surface area (Å²) in [5.41, 5.74) is 2.53. The van der Waals surface area contributed by atoms with Crippen molar-refractivity contribution in [2.75, 3.05) is 25.0 Å². The molecule has 0 fully saturated rings. The minimum atomic E-state index is 0.435. The highest BCUT2D eigenvalue weighted by Gasteiger charge is 2.08. The molecule has 0 saturated heterocycles. The van der Waals surface area contributed by atoms with E-state index in [1.165, 1.54) is 0 Å². The average Bonchev–Trinajstić information content (AvgIpc) is 2.93. The predicted octanol–water partition coefficient (Wildman–Crippen LogP) is 4.14. The summed E-state index contributed by atoms with van der Waals surface area (Å²) >= 11 is 17.9. The molecular weight excluding hydrogens is 369 g/mol. The summed E-state index contributed by atoms with van der Waals surface area (Å²) in [6, 6.07) is 9.14. The van der Waals surface area contributed by atoms with E-state index < -0.39 is 0 Å². The summed E-state index contributed by atoms with van der Waals surface area (Å²) in [6.45, 7) is 2.26. The van der Waals surface area contributed by atoms with Crippen molar-refractivity contribution in [1.29, 1.82) is 0 Å². The van der Waals surface area contributed by atoms with E-state index in [2.05, 4.69) is 20.3 Å². The summed E-state index contributed by atoms with van der Waals surface area (Å²) in [5, 5.41) is 5.08. The maximum atomic E-state index is 6.00. The topological polar surface area (TPSA) is 56.8 Å². The van der Waals surface area contributed by atoms with Crippen LogP contribution in [0.15, 0.2) is 30.3 Å². The van der Waals surface area contributed by atoms with E-state index in [0.717, 1.165) is 30.1 Å². The van der Waals surface area contributed by atoms with Gasteiger partial charge in [0, 0.05) is 36.7 Å². The molecule has 3 aromatic rings. The van der Waals surface area contributed by atoms with Crippen molar-refractivity contribution in [3.63, 3.8) is 0 Å². The first kappa shape index (κ1) is 17.3. The normalized spacial score (nSPS) is 11.2. The molecule has 1 aromatic carbocycles. The first-order valence-corrected chi connectivity index (χ1v) is 8.54. The highest BCUT2D eigenvalue weighted by molar-refractivity contribution is 6.34. The van der Waals surface area contributed by atoms with Crippen LogP contribution in [0.5, 0.6) is 0 Å². The van der Waals surface area contributed by atoms with Gasteiger partial charge >= 0.3 is 0 Å². The Bertz CT molecular complexity index is 829. The molecule has 0 radical (unpaired) electrons. The van der Waals surface area contributed by atoms with Crippen molar-refractivity contribution in [1.82, 2.24) is 20.3 Å².